The van der Waals surface area contributed by atoms with Crippen molar-refractivity contribution in [2.45, 2.75) is 46.6 Å². The second kappa shape index (κ2) is 10.9. The molecule has 40 heavy (non-hydrogen) atoms. The second-order valence-electron chi connectivity index (χ2n) is 9.60. The van der Waals surface area contributed by atoms with Gasteiger partial charge in [-0.3, -0.25) is 0 Å². The highest BCUT2D eigenvalue weighted by Gasteiger charge is 2.37. The Morgan fingerprint density at radius 1 is 0.850 bits per heavy atom. The molecule has 0 aliphatic carbocycles. The summed E-state index contributed by atoms with van der Waals surface area (Å²) < 4.78 is 88.5. The molecular weight excluding hydrogens is 534 g/mol. The second-order valence-corrected chi connectivity index (χ2v) is 9.60. The van der Waals surface area contributed by atoms with Gasteiger partial charge >= 0.3 is 18.4 Å². The van der Waals surface area contributed by atoms with Crippen molar-refractivity contribution in [3.63, 3.8) is 0 Å². The van der Waals surface area contributed by atoms with Crippen LogP contribution in [0.15, 0.2) is 60.8 Å². The molecule has 0 aliphatic rings. The van der Waals surface area contributed by atoms with Crippen LogP contribution in [-0.2, 0) is 18.9 Å². The van der Waals surface area contributed by atoms with Crippen molar-refractivity contribution < 1.29 is 35.9 Å². The summed E-state index contributed by atoms with van der Waals surface area (Å²) >= 11 is 0. The fraction of sp³-hybridized carbons (Fsp3) is 0.300. The highest BCUT2D eigenvalue weighted by Crippen LogP contribution is 2.41. The Hall–Kier alpha value is -3.95. The SMILES string of the molecule is CCN(CC)C(=O)Oc1ccc2c(ccn2Cc2cc(C(F)(F)F)ccc2C(F)(F)F)c1-c1cc(C)cc(C)c1. The molecule has 0 fully saturated rings. The number of carbonyl (C=O) groups is 1. The van der Waals surface area contributed by atoms with E-state index in [1.165, 1.54) is 15.7 Å². The number of fused-ring (bicyclic) bond motifs is 1. The smallest absolute Gasteiger partial charge is 0.410 e. The van der Waals surface area contributed by atoms with Crippen molar-refractivity contribution in [1.82, 2.24) is 9.47 Å². The number of aromatic nitrogens is 1. The van der Waals surface area contributed by atoms with Crippen LogP contribution in [0.1, 0.15) is 41.7 Å². The number of rotatable bonds is 6. The summed E-state index contributed by atoms with van der Waals surface area (Å²) in [4.78, 5) is 14.3. The molecule has 0 N–H and O–H groups in total. The molecule has 1 amide bonds. The van der Waals surface area contributed by atoms with Crippen LogP contribution >= 0.6 is 0 Å². The molecule has 0 bridgehead atoms. The number of halogens is 6. The van der Waals surface area contributed by atoms with Gasteiger partial charge in [-0.25, -0.2) is 4.79 Å². The third-order valence-electron chi connectivity index (χ3n) is 6.72. The average Bonchev–Trinajstić information content (AvgIpc) is 3.25. The molecule has 1 aromatic heterocycles. The zero-order valence-electron chi connectivity index (χ0n) is 22.4. The number of carbonyl (C=O) groups excluding carboxylic acids is 1. The minimum Gasteiger partial charge on any atom is -0.410 e. The first kappa shape index (κ1) is 29.0. The molecule has 4 nitrogen and oxygen atoms in total. The van der Waals surface area contributed by atoms with Gasteiger partial charge in [-0.1, -0.05) is 29.3 Å². The number of hydrogen-bond donors (Lipinski definition) is 0. The number of hydrogen-bond acceptors (Lipinski definition) is 2. The minimum atomic E-state index is -4.83. The van der Waals surface area contributed by atoms with Crippen LogP contribution in [-0.4, -0.2) is 28.6 Å². The van der Waals surface area contributed by atoms with Gasteiger partial charge in [0, 0.05) is 42.3 Å². The van der Waals surface area contributed by atoms with Gasteiger partial charge in [0.15, 0.2) is 0 Å². The van der Waals surface area contributed by atoms with Gasteiger partial charge in [0.25, 0.3) is 0 Å². The molecule has 0 saturated carbocycles. The molecule has 0 saturated heterocycles. The molecule has 0 unspecified atom stereocenters. The van der Waals surface area contributed by atoms with Gasteiger partial charge in [-0.05, 0) is 75.2 Å². The van der Waals surface area contributed by atoms with Crippen molar-refractivity contribution >= 4 is 17.0 Å². The number of nitrogens with zero attached hydrogens (tertiary/aromatic N) is 2. The van der Waals surface area contributed by atoms with Crippen molar-refractivity contribution in [1.29, 1.82) is 0 Å². The van der Waals surface area contributed by atoms with E-state index in [0.29, 0.717) is 47.8 Å². The molecule has 3 aromatic carbocycles. The molecule has 10 heteroatoms. The Labute approximate surface area is 227 Å². The number of aryl methyl sites for hydroxylation is 2. The topological polar surface area (TPSA) is 34.5 Å². The summed E-state index contributed by atoms with van der Waals surface area (Å²) in [7, 11) is 0. The normalized spacial score (nSPS) is 12.2. The first-order chi connectivity index (χ1) is 18.7. The van der Waals surface area contributed by atoms with Gasteiger partial charge in [-0.15, -0.1) is 0 Å². The Morgan fingerprint density at radius 3 is 2.08 bits per heavy atom. The minimum absolute atomic E-state index is 0.266. The standard InChI is InChI=1S/C30H28F6N2O2/c1-5-37(6-2)28(39)40-26-10-9-25-23(27(26)20-14-18(3)13-19(4)15-20)11-12-38(25)17-21-16-22(29(31,32)33)7-8-24(21)30(34,35)36/h7-16H,5-6,17H2,1-4H3. The van der Waals surface area contributed by atoms with E-state index in [9.17, 15) is 31.1 Å². The number of alkyl halides is 6. The van der Waals surface area contributed by atoms with E-state index in [4.69, 9.17) is 4.74 Å². The van der Waals surface area contributed by atoms with Gasteiger partial charge < -0.3 is 14.2 Å². The molecule has 4 rings (SSSR count). The molecular formula is C30H28F6N2O2. The van der Waals surface area contributed by atoms with Crippen molar-refractivity contribution in [2.24, 2.45) is 0 Å². The van der Waals surface area contributed by atoms with Gasteiger partial charge in [0.05, 0.1) is 11.1 Å². The fourth-order valence-electron chi connectivity index (χ4n) is 4.89. The zero-order valence-corrected chi connectivity index (χ0v) is 22.4. The summed E-state index contributed by atoms with van der Waals surface area (Å²) in [6.45, 7) is 7.89. The van der Waals surface area contributed by atoms with Crippen LogP contribution in [0.5, 0.6) is 5.75 Å². The Kier molecular flexibility index (Phi) is 7.92. The lowest BCUT2D eigenvalue weighted by molar-refractivity contribution is -0.141. The lowest BCUT2D eigenvalue weighted by Crippen LogP contribution is -2.33. The number of ether oxygens (including phenoxy) is 1. The van der Waals surface area contributed by atoms with E-state index < -0.39 is 41.7 Å². The quantitative estimate of drug-likeness (QED) is 0.220. The molecule has 1 heterocycles. The summed E-state index contributed by atoms with van der Waals surface area (Å²) in [6, 6.07) is 12.0. The van der Waals surface area contributed by atoms with E-state index in [1.807, 2.05) is 45.9 Å². The predicted octanol–water partition coefficient (Wildman–Crippen LogP) is 8.85. The maximum Gasteiger partial charge on any atom is 0.416 e. The lowest BCUT2D eigenvalue weighted by Gasteiger charge is -2.20. The van der Waals surface area contributed by atoms with Crippen molar-refractivity contribution in [2.75, 3.05) is 13.1 Å². The molecule has 0 aliphatic heterocycles. The third kappa shape index (κ3) is 5.95. The predicted molar refractivity (Wildman–Crippen MR) is 141 cm³/mol. The van der Waals surface area contributed by atoms with Crippen LogP contribution in [0.2, 0.25) is 0 Å². The van der Waals surface area contributed by atoms with Crippen molar-refractivity contribution in [3.05, 3.63) is 88.6 Å². The Morgan fingerprint density at radius 2 is 1.50 bits per heavy atom. The van der Waals surface area contributed by atoms with Crippen LogP contribution in [0.25, 0.3) is 22.0 Å². The van der Waals surface area contributed by atoms with Gasteiger partial charge in [-0.2, -0.15) is 26.3 Å². The lowest BCUT2D eigenvalue weighted by atomic mass is 9.97. The van der Waals surface area contributed by atoms with E-state index in [0.717, 1.165) is 16.7 Å². The summed E-state index contributed by atoms with van der Waals surface area (Å²) in [5, 5.41) is 0.579. The number of benzene rings is 3. The maximum absolute atomic E-state index is 13.7. The fourth-order valence-corrected chi connectivity index (χ4v) is 4.89. The summed E-state index contributed by atoms with van der Waals surface area (Å²) in [6.07, 6.45) is -8.66. The van der Waals surface area contributed by atoms with E-state index in [1.54, 1.807) is 18.2 Å². The third-order valence-corrected chi connectivity index (χ3v) is 6.72. The van der Waals surface area contributed by atoms with Crippen LogP contribution < -0.4 is 4.74 Å². The number of amides is 1. The van der Waals surface area contributed by atoms with Crippen molar-refractivity contribution in [3.8, 4) is 16.9 Å². The Balaban J connectivity index is 1.89. The molecule has 212 valence electrons. The van der Waals surface area contributed by atoms with Gasteiger partial charge in [0.1, 0.15) is 5.75 Å². The van der Waals surface area contributed by atoms with E-state index in [-0.39, 0.29) is 5.75 Å². The monoisotopic (exact) mass is 562 g/mol. The summed E-state index contributed by atoms with van der Waals surface area (Å²) in [5.41, 5.74) is 0.863. The maximum atomic E-state index is 13.7. The zero-order chi connectivity index (χ0) is 29.4. The highest BCUT2D eigenvalue weighted by molar-refractivity contribution is 6.00. The van der Waals surface area contributed by atoms with Crippen LogP contribution in [0, 0.1) is 13.8 Å². The average molecular weight is 563 g/mol. The largest absolute Gasteiger partial charge is 0.416 e. The molecule has 0 radical (unpaired) electrons. The molecule has 0 spiro atoms. The molecule has 4 aromatic rings. The van der Waals surface area contributed by atoms with Crippen LogP contribution in [0.3, 0.4) is 0 Å². The Bertz CT molecular complexity index is 1530. The van der Waals surface area contributed by atoms with E-state index in [2.05, 4.69) is 0 Å². The summed E-state index contributed by atoms with van der Waals surface area (Å²) in [5.74, 6) is 0.266. The highest BCUT2D eigenvalue weighted by atomic mass is 19.4. The molecule has 0 atom stereocenters. The first-order valence-electron chi connectivity index (χ1n) is 12.7. The van der Waals surface area contributed by atoms with E-state index >= 15 is 0 Å². The van der Waals surface area contributed by atoms with Crippen LogP contribution in [0.4, 0.5) is 31.1 Å². The first-order valence-corrected chi connectivity index (χ1v) is 12.7. The van der Waals surface area contributed by atoms with Gasteiger partial charge in [0.2, 0.25) is 0 Å².